The van der Waals surface area contributed by atoms with E-state index in [9.17, 15) is 9.59 Å². The number of para-hydroxylation sites is 1. The van der Waals surface area contributed by atoms with Crippen LogP contribution in [0.1, 0.15) is 53.8 Å². The largest absolute Gasteiger partial charge is 0.508 e. The van der Waals surface area contributed by atoms with E-state index in [4.69, 9.17) is 20.1 Å². The van der Waals surface area contributed by atoms with Crippen LogP contribution in [0.5, 0.6) is 11.5 Å². The summed E-state index contributed by atoms with van der Waals surface area (Å²) in [6.07, 6.45) is 6.70. The van der Waals surface area contributed by atoms with Crippen LogP contribution in [0.15, 0.2) is 48.5 Å². The first-order valence-corrected chi connectivity index (χ1v) is 12.2. The van der Waals surface area contributed by atoms with E-state index in [1.54, 1.807) is 0 Å². The SMILES string of the molecule is CC[C@@]12C=C(C(=O)OC)n3c4c(c5ccccc53)CCN(CCC1)[C@H]42.O=C(O)c1cc(O)ccc1O. The van der Waals surface area contributed by atoms with Gasteiger partial charge in [-0.05, 0) is 68.1 Å². The third kappa shape index (κ3) is 3.64. The van der Waals surface area contributed by atoms with E-state index in [0.717, 1.165) is 50.0 Å². The molecule has 2 atom stereocenters. The first kappa shape index (κ1) is 23.9. The van der Waals surface area contributed by atoms with Crippen LogP contribution in [0.2, 0.25) is 0 Å². The van der Waals surface area contributed by atoms with Gasteiger partial charge < -0.3 is 24.6 Å². The number of esters is 1. The third-order valence-electron chi connectivity index (χ3n) is 7.85. The molecule has 1 fully saturated rings. The molecule has 3 aliphatic heterocycles. The van der Waals surface area contributed by atoms with Crippen LogP contribution in [-0.2, 0) is 16.0 Å². The minimum atomic E-state index is -1.27. The highest BCUT2D eigenvalue weighted by atomic mass is 16.5. The van der Waals surface area contributed by atoms with Crippen LogP contribution in [0.4, 0.5) is 0 Å². The molecule has 0 spiro atoms. The predicted octanol–water partition coefficient (Wildman–Crippen LogP) is 4.55. The molecular weight excluding hydrogens is 460 g/mol. The molecule has 6 rings (SSSR count). The molecule has 0 aliphatic carbocycles. The first-order valence-electron chi connectivity index (χ1n) is 12.2. The van der Waals surface area contributed by atoms with Crippen LogP contribution in [-0.4, -0.2) is 56.9 Å². The van der Waals surface area contributed by atoms with E-state index >= 15 is 0 Å². The van der Waals surface area contributed by atoms with Crippen molar-refractivity contribution in [1.29, 1.82) is 0 Å². The van der Waals surface area contributed by atoms with Crippen molar-refractivity contribution in [3.63, 3.8) is 0 Å². The van der Waals surface area contributed by atoms with Gasteiger partial charge in [0, 0.05) is 23.0 Å². The van der Waals surface area contributed by atoms with Gasteiger partial charge in [-0.25, -0.2) is 9.59 Å². The number of aromatic nitrogens is 1. The average molecular weight is 491 g/mol. The van der Waals surface area contributed by atoms with Gasteiger partial charge in [0.15, 0.2) is 0 Å². The van der Waals surface area contributed by atoms with Crippen molar-refractivity contribution >= 4 is 28.5 Å². The molecule has 188 valence electrons. The zero-order chi connectivity index (χ0) is 25.6. The lowest BCUT2D eigenvalue weighted by molar-refractivity contribution is -0.134. The number of carbonyl (C=O) groups is 2. The van der Waals surface area contributed by atoms with Gasteiger partial charge in [-0.3, -0.25) is 4.90 Å². The van der Waals surface area contributed by atoms with Crippen molar-refractivity contribution < 1.29 is 29.6 Å². The van der Waals surface area contributed by atoms with Gasteiger partial charge >= 0.3 is 11.9 Å². The Kier molecular flexibility index (Phi) is 6.00. The van der Waals surface area contributed by atoms with E-state index in [0.29, 0.717) is 11.7 Å². The Balaban J connectivity index is 0.000000205. The van der Waals surface area contributed by atoms with E-state index in [1.807, 2.05) is 0 Å². The second-order valence-corrected chi connectivity index (χ2v) is 9.62. The highest BCUT2D eigenvalue weighted by molar-refractivity contribution is 6.13. The quantitative estimate of drug-likeness (QED) is 0.365. The topological polar surface area (TPSA) is 112 Å². The number of phenolic OH excluding ortho intramolecular Hbond substituents is 1. The monoisotopic (exact) mass is 490 g/mol. The van der Waals surface area contributed by atoms with E-state index in [2.05, 4.69) is 46.7 Å². The van der Waals surface area contributed by atoms with Gasteiger partial charge in [-0.1, -0.05) is 25.1 Å². The molecule has 0 amide bonds. The zero-order valence-electron chi connectivity index (χ0n) is 20.4. The Morgan fingerprint density at radius 1 is 1.14 bits per heavy atom. The zero-order valence-corrected chi connectivity index (χ0v) is 20.4. The molecule has 36 heavy (non-hydrogen) atoms. The average Bonchev–Trinajstić information content (AvgIpc) is 3.23. The molecule has 8 heteroatoms. The number of aromatic hydroxyl groups is 2. The number of nitrogens with zero attached hydrogens (tertiary/aromatic N) is 2. The number of carboxylic acids is 1. The molecule has 0 unspecified atom stereocenters. The molecule has 0 saturated carbocycles. The third-order valence-corrected chi connectivity index (χ3v) is 7.85. The fourth-order valence-electron chi connectivity index (χ4n) is 6.23. The minimum absolute atomic E-state index is 0.0430. The molecule has 8 nitrogen and oxygen atoms in total. The Morgan fingerprint density at radius 3 is 2.61 bits per heavy atom. The number of hydrogen-bond acceptors (Lipinski definition) is 6. The summed E-state index contributed by atoms with van der Waals surface area (Å²) in [6, 6.07) is 12.2. The van der Waals surface area contributed by atoms with Crippen LogP contribution < -0.4 is 0 Å². The van der Waals surface area contributed by atoms with Crippen molar-refractivity contribution in [3.05, 3.63) is 65.4 Å². The number of methoxy groups -OCH3 is 1. The molecule has 3 N–H and O–H groups in total. The van der Waals surface area contributed by atoms with Crippen LogP contribution in [0.3, 0.4) is 0 Å². The molecule has 1 saturated heterocycles. The van der Waals surface area contributed by atoms with E-state index in [-0.39, 0.29) is 28.4 Å². The Morgan fingerprint density at radius 2 is 1.92 bits per heavy atom. The van der Waals surface area contributed by atoms with Crippen LogP contribution in [0, 0.1) is 5.41 Å². The summed E-state index contributed by atoms with van der Waals surface area (Å²) in [6.45, 7) is 4.55. The van der Waals surface area contributed by atoms with Crippen LogP contribution >= 0.6 is 0 Å². The number of carboxylic acid groups (broad SMARTS) is 1. The van der Waals surface area contributed by atoms with Crippen molar-refractivity contribution in [2.45, 2.75) is 38.6 Å². The van der Waals surface area contributed by atoms with Gasteiger partial charge in [0.2, 0.25) is 0 Å². The van der Waals surface area contributed by atoms with Crippen molar-refractivity contribution in [1.82, 2.24) is 9.47 Å². The van der Waals surface area contributed by atoms with Crippen LogP contribution in [0.25, 0.3) is 16.6 Å². The number of carbonyl (C=O) groups excluding carboxylic acids is 1. The molecule has 1 aromatic heterocycles. The Hall–Kier alpha value is -3.78. The summed E-state index contributed by atoms with van der Waals surface area (Å²) in [5, 5.41) is 27.4. The Labute approximate surface area is 209 Å². The number of benzene rings is 2. The molecule has 4 heterocycles. The molecule has 0 bridgehead atoms. The number of phenols is 2. The minimum Gasteiger partial charge on any atom is -0.508 e. The number of rotatable bonds is 3. The lowest BCUT2D eigenvalue weighted by Gasteiger charge is -2.53. The maximum Gasteiger partial charge on any atom is 0.354 e. The molecule has 3 aliphatic rings. The van der Waals surface area contributed by atoms with Gasteiger partial charge in [0.25, 0.3) is 0 Å². The molecular formula is C28H30N2O6. The lowest BCUT2D eigenvalue weighted by Crippen LogP contribution is -2.51. The van der Waals surface area contributed by atoms with Crippen molar-refractivity contribution in [2.24, 2.45) is 5.41 Å². The number of hydrogen-bond donors (Lipinski definition) is 3. The molecule has 2 aromatic carbocycles. The van der Waals surface area contributed by atoms with E-state index in [1.165, 1.54) is 36.2 Å². The molecule has 0 radical (unpaired) electrons. The Bertz CT molecular complexity index is 1390. The maximum absolute atomic E-state index is 12.7. The summed E-state index contributed by atoms with van der Waals surface area (Å²) < 4.78 is 7.38. The normalized spacial score (nSPS) is 22.2. The van der Waals surface area contributed by atoms with Gasteiger partial charge in [-0.2, -0.15) is 0 Å². The number of piperidine rings is 1. The summed E-state index contributed by atoms with van der Waals surface area (Å²) in [5.74, 6) is -2.02. The van der Waals surface area contributed by atoms with Gasteiger partial charge in [-0.15, -0.1) is 0 Å². The number of aromatic carboxylic acids is 1. The highest BCUT2D eigenvalue weighted by Gasteiger charge is 2.51. The highest BCUT2D eigenvalue weighted by Crippen LogP contribution is 2.57. The lowest BCUT2D eigenvalue weighted by atomic mass is 9.66. The van der Waals surface area contributed by atoms with E-state index < -0.39 is 5.97 Å². The smallest absolute Gasteiger partial charge is 0.354 e. The fraction of sp³-hybridized carbons (Fsp3) is 0.357. The fourth-order valence-corrected chi connectivity index (χ4v) is 6.23. The standard InChI is InChI=1S/C21H24N2O2.C7H6O4/c1-3-21-10-6-11-22-12-9-15-14-7-4-5-8-16(14)23(18(15)19(21)22)17(13-21)20(24)25-2;8-4-1-2-6(9)5(3-4)7(10)11/h4-5,7-8,13,19H,3,6,9-12H2,1-2H3;1-3,8-9H,(H,10,11)/t19-,21+;/m1./s1. The molecule has 3 aromatic rings. The summed E-state index contributed by atoms with van der Waals surface area (Å²) in [5.41, 5.74) is 4.37. The predicted molar refractivity (Wildman–Crippen MR) is 135 cm³/mol. The van der Waals surface area contributed by atoms with Crippen molar-refractivity contribution in [3.8, 4) is 11.5 Å². The number of fused-ring (bicyclic) bond motifs is 3. The number of ether oxygens (including phenoxy) is 1. The summed E-state index contributed by atoms with van der Waals surface area (Å²) >= 11 is 0. The van der Waals surface area contributed by atoms with Gasteiger partial charge in [0.1, 0.15) is 22.8 Å². The summed E-state index contributed by atoms with van der Waals surface area (Å²) in [4.78, 5) is 25.6. The van der Waals surface area contributed by atoms with Gasteiger partial charge in [0.05, 0.1) is 18.7 Å². The second-order valence-electron chi connectivity index (χ2n) is 9.62. The summed E-state index contributed by atoms with van der Waals surface area (Å²) in [7, 11) is 1.49. The maximum atomic E-state index is 12.7. The second kappa shape index (κ2) is 9.02. The van der Waals surface area contributed by atoms with Crippen molar-refractivity contribution in [2.75, 3.05) is 20.2 Å². The first-order chi connectivity index (χ1) is 17.3.